The highest BCUT2D eigenvalue weighted by molar-refractivity contribution is 4.98. The van der Waals surface area contributed by atoms with Gasteiger partial charge in [-0.1, -0.05) is 0 Å². The zero-order valence-corrected chi connectivity index (χ0v) is 9.55. The van der Waals surface area contributed by atoms with Crippen LogP contribution in [0, 0.1) is 5.92 Å². The van der Waals surface area contributed by atoms with E-state index in [1.807, 2.05) is 6.92 Å². The first-order valence-electron chi connectivity index (χ1n) is 5.58. The van der Waals surface area contributed by atoms with Crippen molar-refractivity contribution in [2.24, 2.45) is 5.92 Å². The van der Waals surface area contributed by atoms with E-state index in [2.05, 4.69) is 19.2 Å². The fourth-order valence-electron chi connectivity index (χ4n) is 1.91. The van der Waals surface area contributed by atoms with Crippen LogP contribution < -0.4 is 5.32 Å². The quantitative estimate of drug-likeness (QED) is 0.649. The summed E-state index contributed by atoms with van der Waals surface area (Å²) >= 11 is 0. The number of nitrogens with one attached hydrogen (secondary N) is 1. The van der Waals surface area contributed by atoms with Gasteiger partial charge in [0.05, 0.1) is 13.2 Å². The Morgan fingerprint density at radius 1 is 1.57 bits per heavy atom. The summed E-state index contributed by atoms with van der Waals surface area (Å²) in [4.78, 5) is 0. The van der Waals surface area contributed by atoms with Crippen molar-refractivity contribution in [1.82, 2.24) is 5.32 Å². The summed E-state index contributed by atoms with van der Waals surface area (Å²) in [7, 11) is 0. The maximum Gasteiger partial charge on any atom is 0.0616 e. The molecule has 84 valence electrons. The molecule has 2 atom stereocenters. The lowest BCUT2D eigenvalue weighted by atomic mass is 9.96. The normalized spacial score (nSPS) is 23.1. The molecule has 14 heavy (non-hydrogen) atoms. The van der Waals surface area contributed by atoms with Gasteiger partial charge in [-0.2, -0.15) is 0 Å². The average Bonchev–Trinajstić information content (AvgIpc) is 2.97. The largest absolute Gasteiger partial charge is 0.394 e. The van der Waals surface area contributed by atoms with Gasteiger partial charge < -0.3 is 15.2 Å². The van der Waals surface area contributed by atoms with Gasteiger partial charge >= 0.3 is 0 Å². The van der Waals surface area contributed by atoms with E-state index in [4.69, 9.17) is 4.74 Å². The van der Waals surface area contributed by atoms with E-state index in [1.54, 1.807) is 0 Å². The van der Waals surface area contributed by atoms with E-state index in [0.29, 0.717) is 12.0 Å². The van der Waals surface area contributed by atoms with Gasteiger partial charge in [-0.3, -0.25) is 0 Å². The number of rotatable bonds is 7. The van der Waals surface area contributed by atoms with E-state index in [0.717, 1.165) is 13.2 Å². The molecule has 1 fully saturated rings. The molecule has 0 aromatic heterocycles. The van der Waals surface area contributed by atoms with Crippen LogP contribution in [-0.4, -0.2) is 36.5 Å². The summed E-state index contributed by atoms with van der Waals surface area (Å²) in [5.74, 6) is 0.650. The summed E-state index contributed by atoms with van der Waals surface area (Å²) in [6, 6.07) is 0.313. The first kappa shape index (κ1) is 12.0. The molecular formula is C11H23NO2. The van der Waals surface area contributed by atoms with Crippen molar-refractivity contribution in [2.75, 3.05) is 19.8 Å². The standard InChI is InChI=1S/C11H23NO2/c1-4-14-7-9(2)12-11(3,8-13)10-5-6-10/h9-10,12-13H,4-8H2,1-3H3. The first-order valence-corrected chi connectivity index (χ1v) is 5.58. The Bertz CT molecular complexity index is 171. The van der Waals surface area contributed by atoms with Crippen molar-refractivity contribution in [2.45, 2.75) is 45.2 Å². The van der Waals surface area contributed by atoms with Gasteiger partial charge in [-0.25, -0.2) is 0 Å². The van der Waals surface area contributed by atoms with Gasteiger partial charge in [0, 0.05) is 18.2 Å². The molecule has 0 heterocycles. The van der Waals surface area contributed by atoms with Crippen LogP contribution in [0.3, 0.4) is 0 Å². The molecule has 0 spiro atoms. The van der Waals surface area contributed by atoms with Gasteiger partial charge in [-0.15, -0.1) is 0 Å². The molecular weight excluding hydrogens is 178 g/mol. The third-order valence-electron chi connectivity index (χ3n) is 2.95. The lowest BCUT2D eigenvalue weighted by Crippen LogP contribution is -2.53. The molecule has 0 aromatic carbocycles. The number of hydrogen-bond donors (Lipinski definition) is 2. The highest BCUT2D eigenvalue weighted by Gasteiger charge is 2.41. The van der Waals surface area contributed by atoms with Crippen molar-refractivity contribution in [1.29, 1.82) is 0 Å². The minimum absolute atomic E-state index is 0.101. The predicted octanol–water partition coefficient (Wildman–Crippen LogP) is 1.16. The summed E-state index contributed by atoms with van der Waals surface area (Å²) in [6.45, 7) is 7.90. The number of hydrogen-bond acceptors (Lipinski definition) is 3. The van der Waals surface area contributed by atoms with E-state index in [-0.39, 0.29) is 12.1 Å². The second-order valence-electron chi connectivity index (χ2n) is 4.55. The SMILES string of the molecule is CCOCC(C)NC(C)(CO)C1CC1. The smallest absolute Gasteiger partial charge is 0.0616 e. The van der Waals surface area contributed by atoms with E-state index in [1.165, 1.54) is 12.8 Å². The van der Waals surface area contributed by atoms with Crippen molar-refractivity contribution < 1.29 is 9.84 Å². The molecule has 0 bridgehead atoms. The van der Waals surface area contributed by atoms with Gasteiger partial charge in [0.15, 0.2) is 0 Å². The Kier molecular flexibility index (Phi) is 4.35. The summed E-state index contributed by atoms with van der Waals surface area (Å²) in [5, 5.41) is 12.8. The van der Waals surface area contributed by atoms with Crippen LogP contribution in [0.2, 0.25) is 0 Å². The molecule has 1 saturated carbocycles. The van der Waals surface area contributed by atoms with Gasteiger partial charge in [0.2, 0.25) is 0 Å². The summed E-state index contributed by atoms with van der Waals surface area (Å²) < 4.78 is 5.34. The Morgan fingerprint density at radius 2 is 2.21 bits per heavy atom. The van der Waals surface area contributed by atoms with Crippen molar-refractivity contribution in [3.63, 3.8) is 0 Å². The molecule has 2 N–H and O–H groups in total. The monoisotopic (exact) mass is 201 g/mol. The third-order valence-corrected chi connectivity index (χ3v) is 2.95. The molecule has 1 aliphatic rings. The topological polar surface area (TPSA) is 41.5 Å². The Balaban J connectivity index is 2.31. The minimum Gasteiger partial charge on any atom is -0.394 e. The molecule has 0 amide bonds. The molecule has 3 nitrogen and oxygen atoms in total. The van der Waals surface area contributed by atoms with Gasteiger partial charge in [0.25, 0.3) is 0 Å². The van der Waals surface area contributed by atoms with E-state index in [9.17, 15) is 5.11 Å². The second-order valence-corrected chi connectivity index (χ2v) is 4.55. The third kappa shape index (κ3) is 3.23. The molecule has 2 unspecified atom stereocenters. The van der Waals surface area contributed by atoms with Crippen LogP contribution in [0.4, 0.5) is 0 Å². The van der Waals surface area contributed by atoms with Crippen molar-refractivity contribution >= 4 is 0 Å². The summed E-state index contributed by atoms with van der Waals surface area (Å²) in [5.41, 5.74) is -0.101. The summed E-state index contributed by atoms with van der Waals surface area (Å²) in [6.07, 6.45) is 2.48. The first-order chi connectivity index (χ1) is 6.62. The molecule has 3 heteroatoms. The van der Waals surface area contributed by atoms with E-state index >= 15 is 0 Å². The Hall–Kier alpha value is -0.120. The maximum atomic E-state index is 9.37. The molecule has 0 radical (unpaired) electrons. The average molecular weight is 201 g/mol. The zero-order chi connectivity index (χ0) is 10.6. The van der Waals surface area contributed by atoms with Crippen molar-refractivity contribution in [3.05, 3.63) is 0 Å². The molecule has 1 rings (SSSR count). The fraction of sp³-hybridized carbons (Fsp3) is 1.00. The number of ether oxygens (including phenoxy) is 1. The lowest BCUT2D eigenvalue weighted by molar-refractivity contribution is 0.0908. The van der Waals surface area contributed by atoms with Crippen LogP contribution in [0.5, 0.6) is 0 Å². The van der Waals surface area contributed by atoms with Crippen LogP contribution >= 0.6 is 0 Å². The van der Waals surface area contributed by atoms with E-state index < -0.39 is 0 Å². The second kappa shape index (κ2) is 5.10. The lowest BCUT2D eigenvalue weighted by Gasteiger charge is -2.32. The van der Waals surface area contributed by atoms with Gasteiger partial charge in [-0.05, 0) is 39.5 Å². The fourth-order valence-corrected chi connectivity index (χ4v) is 1.91. The van der Waals surface area contributed by atoms with Crippen LogP contribution in [-0.2, 0) is 4.74 Å². The minimum atomic E-state index is -0.101. The van der Waals surface area contributed by atoms with Crippen LogP contribution in [0.25, 0.3) is 0 Å². The van der Waals surface area contributed by atoms with Crippen LogP contribution in [0.15, 0.2) is 0 Å². The molecule has 0 aromatic rings. The Labute approximate surface area is 86.8 Å². The molecule has 1 aliphatic carbocycles. The molecule has 0 aliphatic heterocycles. The highest BCUT2D eigenvalue weighted by atomic mass is 16.5. The van der Waals surface area contributed by atoms with Crippen molar-refractivity contribution in [3.8, 4) is 0 Å². The van der Waals surface area contributed by atoms with Crippen LogP contribution in [0.1, 0.15) is 33.6 Å². The number of aliphatic hydroxyl groups excluding tert-OH is 1. The number of aliphatic hydroxyl groups is 1. The molecule has 0 saturated heterocycles. The predicted molar refractivity (Wildman–Crippen MR) is 57.3 cm³/mol. The zero-order valence-electron chi connectivity index (χ0n) is 9.55. The highest BCUT2D eigenvalue weighted by Crippen LogP contribution is 2.39. The maximum absolute atomic E-state index is 9.37. The Morgan fingerprint density at radius 3 is 2.64 bits per heavy atom. The van der Waals surface area contributed by atoms with Gasteiger partial charge in [0.1, 0.15) is 0 Å².